The lowest BCUT2D eigenvalue weighted by Crippen LogP contribution is -2.33. The number of nitrogen functional groups attached to an aromatic ring is 1. The first-order valence-corrected chi connectivity index (χ1v) is 13.2. The Hall–Kier alpha value is -1.70. The molecule has 0 fully saturated rings. The van der Waals surface area contributed by atoms with Gasteiger partial charge in [-0.25, -0.2) is 0 Å². The van der Waals surface area contributed by atoms with Crippen LogP contribution in [0.3, 0.4) is 0 Å². The van der Waals surface area contributed by atoms with E-state index in [4.69, 9.17) is 11.5 Å². The van der Waals surface area contributed by atoms with Gasteiger partial charge in [-0.05, 0) is 48.1 Å². The van der Waals surface area contributed by atoms with Crippen LogP contribution >= 0.6 is 0 Å². The molecule has 2 aliphatic rings. The molecule has 2 atom stereocenters. The van der Waals surface area contributed by atoms with Crippen LogP contribution in [0.15, 0.2) is 42.1 Å². The summed E-state index contributed by atoms with van der Waals surface area (Å²) in [6.07, 6.45) is 25.6. The van der Waals surface area contributed by atoms with Gasteiger partial charge in [0, 0.05) is 22.7 Å². The minimum Gasteiger partial charge on any atom is -0.399 e. The predicted octanol–water partition coefficient (Wildman–Crippen LogP) is 8.13. The first-order valence-electron chi connectivity index (χ1n) is 13.2. The van der Waals surface area contributed by atoms with Crippen LogP contribution < -0.4 is 11.5 Å². The summed E-state index contributed by atoms with van der Waals surface area (Å²) in [7, 11) is 0. The van der Waals surface area contributed by atoms with Gasteiger partial charge in [-0.3, -0.25) is 0 Å². The molecule has 172 valence electrons. The van der Waals surface area contributed by atoms with Gasteiger partial charge >= 0.3 is 0 Å². The molecular formula is C29H46N2. The fourth-order valence-electron chi connectivity index (χ4n) is 6.15. The van der Waals surface area contributed by atoms with Gasteiger partial charge < -0.3 is 11.5 Å². The molecule has 0 aliphatic heterocycles. The normalized spacial score (nSPS) is 21.0. The second kappa shape index (κ2) is 11.8. The van der Waals surface area contributed by atoms with Crippen LogP contribution in [-0.2, 0) is 5.41 Å². The van der Waals surface area contributed by atoms with Crippen LogP contribution in [0.2, 0.25) is 0 Å². The van der Waals surface area contributed by atoms with E-state index in [1.165, 1.54) is 101 Å². The lowest BCUT2D eigenvalue weighted by molar-refractivity contribution is 0.263. The van der Waals surface area contributed by atoms with Gasteiger partial charge in [0.05, 0.1) is 0 Å². The number of nitrogens with two attached hydrogens (primary N) is 2. The quantitative estimate of drug-likeness (QED) is 0.235. The molecule has 0 spiro atoms. The zero-order chi connectivity index (χ0) is 22.1. The summed E-state index contributed by atoms with van der Waals surface area (Å²) in [5.74, 6) is 0.948. The molecule has 0 aromatic heterocycles. The van der Waals surface area contributed by atoms with Crippen molar-refractivity contribution in [2.45, 2.75) is 115 Å². The van der Waals surface area contributed by atoms with Gasteiger partial charge in [0.1, 0.15) is 0 Å². The summed E-state index contributed by atoms with van der Waals surface area (Å²) in [5, 5.41) is 0. The summed E-state index contributed by atoms with van der Waals surface area (Å²) in [5.41, 5.74) is 17.7. The molecule has 2 unspecified atom stereocenters. The highest BCUT2D eigenvalue weighted by atomic mass is 14.6. The minimum atomic E-state index is 0.195. The highest BCUT2D eigenvalue weighted by Gasteiger charge is 2.50. The fraction of sp³-hybridized carbons (Fsp3) is 0.655. The standard InChI is InChI=1S/C29H46N2/c1-3-5-7-9-11-13-19-29(20-14-12-10-8-6-4-2)27-21-23(30)15-17-25(27)26-18-16-24(31)22-28(26)29/h15-18,21-22,25,27H,3-14,19-20,30-31H2,1-2H3. The van der Waals surface area contributed by atoms with Crippen LogP contribution in [0.4, 0.5) is 5.69 Å². The van der Waals surface area contributed by atoms with Crippen molar-refractivity contribution < 1.29 is 0 Å². The Morgan fingerprint density at radius 3 is 1.97 bits per heavy atom. The summed E-state index contributed by atoms with van der Waals surface area (Å²) in [4.78, 5) is 0. The molecule has 1 aromatic carbocycles. The third-order valence-corrected chi connectivity index (χ3v) is 7.82. The summed E-state index contributed by atoms with van der Waals surface area (Å²) < 4.78 is 0. The Kier molecular flexibility index (Phi) is 9.11. The number of rotatable bonds is 14. The van der Waals surface area contributed by atoms with Crippen molar-refractivity contribution in [1.29, 1.82) is 0 Å². The number of hydrogen-bond donors (Lipinski definition) is 2. The Morgan fingerprint density at radius 2 is 1.35 bits per heavy atom. The lowest BCUT2D eigenvalue weighted by atomic mass is 9.65. The van der Waals surface area contributed by atoms with E-state index in [0.29, 0.717) is 11.8 Å². The van der Waals surface area contributed by atoms with Crippen LogP contribution in [0.5, 0.6) is 0 Å². The molecule has 4 N–H and O–H groups in total. The van der Waals surface area contributed by atoms with Crippen LogP contribution in [-0.4, -0.2) is 0 Å². The molecule has 2 heteroatoms. The lowest BCUT2D eigenvalue weighted by Gasteiger charge is -2.38. The predicted molar refractivity (Wildman–Crippen MR) is 136 cm³/mol. The van der Waals surface area contributed by atoms with Gasteiger partial charge in [0.25, 0.3) is 0 Å². The molecule has 2 nitrogen and oxygen atoms in total. The number of unbranched alkanes of at least 4 members (excludes halogenated alkanes) is 10. The monoisotopic (exact) mass is 422 g/mol. The second-order valence-corrected chi connectivity index (χ2v) is 10.1. The van der Waals surface area contributed by atoms with Crippen molar-refractivity contribution in [3.8, 4) is 0 Å². The Balaban J connectivity index is 1.80. The topological polar surface area (TPSA) is 52.0 Å². The third kappa shape index (κ3) is 5.76. The van der Waals surface area contributed by atoms with Crippen molar-refractivity contribution in [3.05, 3.63) is 53.3 Å². The maximum atomic E-state index is 6.35. The molecule has 0 bridgehead atoms. The molecule has 1 aromatic rings. The van der Waals surface area contributed by atoms with E-state index in [-0.39, 0.29) is 5.41 Å². The van der Waals surface area contributed by atoms with E-state index in [1.54, 1.807) is 0 Å². The Morgan fingerprint density at radius 1 is 0.774 bits per heavy atom. The van der Waals surface area contributed by atoms with Crippen molar-refractivity contribution in [2.24, 2.45) is 11.7 Å². The van der Waals surface area contributed by atoms with Crippen molar-refractivity contribution in [3.63, 3.8) is 0 Å². The van der Waals surface area contributed by atoms with Gasteiger partial charge in [-0.1, -0.05) is 109 Å². The Bertz CT molecular complexity index is 729. The van der Waals surface area contributed by atoms with Crippen LogP contribution in [0.25, 0.3) is 0 Å². The van der Waals surface area contributed by atoms with Crippen molar-refractivity contribution >= 4 is 5.69 Å². The van der Waals surface area contributed by atoms with Gasteiger partial charge in [-0.15, -0.1) is 0 Å². The first kappa shape index (κ1) is 24.0. The highest BCUT2D eigenvalue weighted by molar-refractivity contribution is 5.56. The molecule has 3 rings (SSSR count). The fourth-order valence-corrected chi connectivity index (χ4v) is 6.15. The minimum absolute atomic E-state index is 0.195. The average Bonchev–Trinajstić information content (AvgIpc) is 3.02. The van der Waals surface area contributed by atoms with E-state index in [1.807, 2.05) is 0 Å². The van der Waals surface area contributed by atoms with Crippen LogP contribution in [0.1, 0.15) is 121 Å². The summed E-state index contributed by atoms with van der Waals surface area (Å²) in [6, 6.07) is 6.70. The molecule has 0 amide bonds. The molecular weight excluding hydrogens is 376 g/mol. The number of hydrogen-bond acceptors (Lipinski definition) is 2. The van der Waals surface area contributed by atoms with Gasteiger partial charge in [0.2, 0.25) is 0 Å². The van der Waals surface area contributed by atoms with Crippen molar-refractivity contribution in [2.75, 3.05) is 5.73 Å². The SMILES string of the molecule is CCCCCCCCC1(CCCCCCCC)c2cc(N)ccc2C2C=CC(N)=CC21. The number of allylic oxidation sites excluding steroid dienone is 3. The number of benzene rings is 1. The largest absolute Gasteiger partial charge is 0.399 e. The van der Waals surface area contributed by atoms with E-state index in [0.717, 1.165) is 11.4 Å². The zero-order valence-electron chi connectivity index (χ0n) is 20.2. The van der Waals surface area contributed by atoms with E-state index in [2.05, 4.69) is 50.3 Å². The van der Waals surface area contributed by atoms with Gasteiger partial charge in [-0.2, -0.15) is 0 Å². The smallest absolute Gasteiger partial charge is 0.0317 e. The maximum Gasteiger partial charge on any atom is 0.0317 e. The third-order valence-electron chi connectivity index (χ3n) is 7.82. The molecule has 0 saturated carbocycles. The first-order chi connectivity index (χ1) is 15.1. The molecule has 0 radical (unpaired) electrons. The number of fused-ring (bicyclic) bond motifs is 3. The average molecular weight is 423 g/mol. The summed E-state index contributed by atoms with van der Waals surface area (Å²) in [6.45, 7) is 4.59. The van der Waals surface area contributed by atoms with Gasteiger partial charge in [0.15, 0.2) is 0 Å². The second-order valence-electron chi connectivity index (χ2n) is 10.1. The highest BCUT2D eigenvalue weighted by Crippen LogP contribution is 2.58. The van der Waals surface area contributed by atoms with Crippen LogP contribution in [0, 0.1) is 5.92 Å². The molecule has 2 aliphatic carbocycles. The molecule has 31 heavy (non-hydrogen) atoms. The maximum absolute atomic E-state index is 6.35. The molecule has 0 heterocycles. The van der Waals surface area contributed by atoms with E-state index >= 15 is 0 Å². The zero-order valence-corrected chi connectivity index (χ0v) is 20.2. The van der Waals surface area contributed by atoms with E-state index < -0.39 is 0 Å². The Labute approximate surface area is 191 Å². The van der Waals surface area contributed by atoms with E-state index in [9.17, 15) is 0 Å². The number of anilines is 1. The molecule has 0 saturated heterocycles. The van der Waals surface area contributed by atoms with Crippen molar-refractivity contribution in [1.82, 2.24) is 0 Å². The summed E-state index contributed by atoms with van der Waals surface area (Å²) >= 11 is 0.